The first-order chi connectivity index (χ1) is 16.8. The molecule has 2 N–H and O–H groups in total. The molecule has 0 aliphatic heterocycles. The Hall–Kier alpha value is -3.56. The number of nitrogens with zero attached hydrogens (tertiary/aromatic N) is 2. The van der Waals surface area contributed by atoms with Gasteiger partial charge in [0, 0.05) is 30.6 Å². The largest absolute Gasteiger partial charge is 0.478 e. The van der Waals surface area contributed by atoms with E-state index in [0.717, 1.165) is 0 Å². The number of aromatic carboxylic acids is 1. The molecule has 36 heavy (non-hydrogen) atoms. The number of carboxylic acids is 1. The zero-order valence-electron chi connectivity index (χ0n) is 19.5. The normalized spacial score (nSPS) is 14.6. The Morgan fingerprint density at radius 3 is 2.11 bits per heavy atom. The van der Waals surface area contributed by atoms with Crippen LogP contribution in [0.4, 0.5) is 13.2 Å². The number of alkyl halides is 3. The summed E-state index contributed by atoms with van der Waals surface area (Å²) in [7, 11) is 2.98. The van der Waals surface area contributed by atoms with Crippen molar-refractivity contribution in [1.29, 1.82) is 0 Å². The van der Waals surface area contributed by atoms with Gasteiger partial charge in [-0.25, -0.2) is 9.59 Å². The van der Waals surface area contributed by atoms with Gasteiger partial charge in [0.05, 0.1) is 16.6 Å². The lowest BCUT2D eigenvalue weighted by atomic mass is 9.77. The van der Waals surface area contributed by atoms with E-state index in [1.165, 1.54) is 78.7 Å². The van der Waals surface area contributed by atoms with Crippen molar-refractivity contribution in [2.24, 2.45) is 14.1 Å². The first-order valence-corrected chi connectivity index (χ1v) is 11.2. The van der Waals surface area contributed by atoms with Crippen LogP contribution >= 0.6 is 11.6 Å². The van der Waals surface area contributed by atoms with Gasteiger partial charge < -0.3 is 10.2 Å². The Labute approximate surface area is 208 Å². The fraction of sp³-hybridized carbons (Fsp3) is 0.231. The summed E-state index contributed by atoms with van der Waals surface area (Å²) >= 11 is 6.22. The maximum atomic E-state index is 14.4. The summed E-state index contributed by atoms with van der Waals surface area (Å²) in [4.78, 5) is 23.4. The average molecular weight is 519 g/mol. The minimum absolute atomic E-state index is 0.0112. The first-order valence-electron chi connectivity index (χ1n) is 10.9. The highest BCUT2D eigenvalue weighted by Crippen LogP contribution is 2.49. The van der Waals surface area contributed by atoms with E-state index in [1.54, 1.807) is 12.1 Å². The number of aliphatic hydroxyl groups is 1. The third-order valence-electron chi connectivity index (χ3n) is 6.71. The van der Waals surface area contributed by atoms with E-state index in [2.05, 4.69) is 0 Å². The topological polar surface area (TPSA) is 84.5 Å². The van der Waals surface area contributed by atoms with Gasteiger partial charge in [-0.15, -0.1) is 0 Å². The van der Waals surface area contributed by atoms with Gasteiger partial charge in [0.1, 0.15) is 0 Å². The molecule has 10 heteroatoms. The molecule has 6 nitrogen and oxygen atoms in total. The van der Waals surface area contributed by atoms with Crippen LogP contribution < -0.4 is 5.69 Å². The molecule has 0 radical (unpaired) electrons. The van der Waals surface area contributed by atoms with Gasteiger partial charge in [0.25, 0.3) is 0 Å². The number of benzene rings is 3. The maximum Gasteiger partial charge on any atom is 0.422 e. The second kappa shape index (κ2) is 8.83. The highest BCUT2D eigenvalue weighted by molar-refractivity contribution is 6.33. The lowest BCUT2D eigenvalue weighted by Gasteiger charge is -2.36. The van der Waals surface area contributed by atoms with Gasteiger partial charge in [-0.1, -0.05) is 54.9 Å². The molecule has 0 saturated carbocycles. The second-order valence-corrected chi connectivity index (χ2v) is 9.12. The smallest absolute Gasteiger partial charge is 0.422 e. The Bertz CT molecular complexity index is 1540. The van der Waals surface area contributed by atoms with Crippen LogP contribution in [-0.2, 0) is 19.7 Å². The number of aromatic nitrogens is 2. The van der Waals surface area contributed by atoms with Gasteiger partial charge in [-0.3, -0.25) is 9.13 Å². The van der Waals surface area contributed by atoms with Crippen LogP contribution in [0.1, 0.15) is 34.3 Å². The highest BCUT2D eigenvalue weighted by atomic mass is 35.5. The Morgan fingerprint density at radius 1 is 0.944 bits per heavy atom. The van der Waals surface area contributed by atoms with E-state index in [4.69, 9.17) is 16.7 Å². The molecule has 3 aromatic carbocycles. The molecule has 0 spiro atoms. The molecule has 0 aliphatic rings. The predicted molar refractivity (Wildman–Crippen MR) is 130 cm³/mol. The van der Waals surface area contributed by atoms with Crippen molar-refractivity contribution in [3.8, 4) is 11.1 Å². The Morgan fingerprint density at radius 2 is 1.56 bits per heavy atom. The van der Waals surface area contributed by atoms with Gasteiger partial charge in [0.2, 0.25) is 0 Å². The molecular weight excluding hydrogens is 497 g/mol. The van der Waals surface area contributed by atoms with Crippen LogP contribution in [0, 0.1) is 0 Å². The Kier molecular flexibility index (Phi) is 6.26. The minimum atomic E-state index is -5.03. The van der Waals surface area contributed by atoms with Crippen LogP contribution in [-0.4, -0.2) is 31.5 Å². The van der Waals surface area contributed by atoms with Crippen LogP contribution in [0.3, 0.4) is 0 Å². The molecule has 0 bridgehead atoms. The van der Waals surface area contributed by atoms with E-state index in [0.29, 0.717) is 16.6 Å². The maximum absolute atomic E-state index is 14.4. The molecule has 4 rings (SSSR count). The van der Waals surface area contributed by atoms with E-state index < -0.39 is 29.4 Å². The number of halogens is 4. The van der Waals surface area contributed by atoms with Crippen molar-refractivity contribution < 1.29 is 28.2 Å². The average Bonchev–Trinajstić information content (AvgIpc) is 3.05. The fourth-order valence-corrected chi connectivity index (χ4v) is 4.77. The standard InChI is InChI=1S/C26H22ClF3N2O4/c1-14(15-4-6-16(7-5-15)19-10-8-17(23(33)34)12-20(19)27)25(36,26(28,29)30)18-9-11-21-22(13-18)32(3)24(35)31(21)2/h4-14,36H,1-3H3,(H,33,34). The van der Waals surface area contributed by atoms with Crippen LogP contribution in [0.15, 0.2) is 65.5 Å². The summed E-state index contributed by atoms with van der Waals surface area (Å²) < 4.78 is 45.8. The number of fused-ring (bicyclic) bond motifs is 1. The summed E-state index contributed by atoms with van der Waals surface area (Å²) in [5.41, 5.74) is -1.98. The van der Waals surface area contributed by atoms with E-state index in [9.17, 15) is 27.9 Å². The fourth-order valence-electron chi connectivity index (χ4n) is 4.48. The van der Waals surface area contributed by atoms with E-state index in [1.807, 2.05) is 0 Å². The van der Waals surface area contributed by atoms with Crippen LogP contribution in [0.2, 0.25) is 5.02 Å². The van der Waals surface area contributed by atoms with Crippen LogP contribution in [0.25, 0.3) is 22.2 Å². The molecule has 0 amide bonds. The molecule has 2 unspecified atom stereocenters. The number of hydrogen-bond acceptors (Lipinski definition) is 3. The van der Waals surface area contributed by atoms with Gasteiger partial charge in [0.15, 0.2) is 5.60 Å². The van der Waals surface area contributed by atoms with Crippen molar-refractivity contribution in [2.45, 2.75) is 24.6 Å². The third kappa shape index (κ3) is 3.98. The summed E-state index contributed by atoms with van der Waals surface area (Å²) in [5.74, 6) is -2.54. The molecule has 0 aliphatic carbocycles. The molecular formula is C26H22ClF3N2O4. The lowest BCUT2D eigenvalue weighted by Crippen LogP contribution is -2.46. The van der Waals surface area contributed by atoms with Gasteiger partial charge in [-0.05, 0) is 41.0 Å². The number of aryl methyl sites for hydroxylation is 2. The number of imidazole rings is 1. The lowest BCUT2D eigenvalue weighted by molar-refractivity contribution is -0.274. The molecule has 4 aromatic rings. The Balaban J connectivity index is 1.77. The summed E-state index contributed by atoms with van der Waals surface area (Å²) in [6, 6.07) is 14.0. The summed E-state index contributed by atoms with van der Waals surface area (Å²) in [5, 5.41) is 20.5. The number of hydrogen-bond donors (Lipinski definition) is 2. The zero-order valence-corrected chi connectivity index (χ0v) is 20.2. The SMILES string of the molecule is CC(c1ccc(-c2ccc(C(=O)O)cc2Cl)cc1)C(O)(c1ccc2c(c1)n(C)c(=O)n2C)C(F)(F)F. The minimum Gasteiger partial charge on any atom is -0.478 e. The zero-order chi connectivity index (χ0) is 26.6. The van der Waals surface area contributed by atoms with Crippen LogP contribution in [0.5, 0.6) is 0 Å². The number of carbonyl (C=O) groups is 1. The molecule has 1 heterocycles. The molecule has 1 aromatic heterocycles. The van der Waals surface area contributed by atoms with E-state index >= 15 is 0 Å². The van der Waals surface area contributed by atoms with Crippen molar-refractivity contribution in [2.75, 3.05) is 0 Å². The second-order valence-electron chi connectivity index (χ2n) is 8.71. The quantitative estimate of drug-likeness (QED) is 0.368. The van der Waals surface area contributed by atoms with Gasteiger partial charge in [-0.2, -0.15) is 13.2 Å². The third-order valence-corrected chi connectivity index (χ3v) is 7.02. The highest BCUT2D eigenvalue weighted by Gasteiger charge is 2.58. The number of carboxylic acid groups (broad SMARTS) is 1. The first kappa shape index (κ1) is 25.5. The monoisotopic (exact) mass is 518 g/mol. The summed E-state index contributed by atoms with van der Waals surface area (Å²) in [6.45, 7) is 1.28. The molecule has 0 saturated heterocycles. The molecule has 188 valence electrons. The van der Waals surface area contributed by atoms with Crippen molar-refractivity contribution in [3.05, 3.63) is 92.9 Å². The number of rotatable bonds is 5. The molecule has 0 fully saturated rings. The summed E-state index contributed by atoms with van der Waals surface area (Å²) in [6.07, 6.45) is -5.03. The predicted octanol–water partition coefficient (Wildman–Crippen LogP) is 5.45. The van der Waals surface area contributed by atoms with Crippen molar-refractivity contribution in [3.63, 3.8) is 0 Å². The van der Waals surface area contributed by atoms with Crippen molar-refractivity contribution in [1.82, 2.24) is 9.13 Å². The van der Waals surface area contributed by atoms with Crippen molar-refractivity contribution >= 4 is 28.6 Å². The van der Waals surface area contributed by atoms with E-state index in [-0.39, 0.29) is 27.2 Å². The van der Waals surface area contributed by atoms with Gasteiger partial charge >= 0.3 is 17.8 Å². The molecule has 2 atom stereocenters.